The lowest BCUT2D eigenvalue weighted by Crippen LogP contribution is -2.57. The van der Waals surface area contributed by atoms with Crippen LogP contribution in [0.2, 0.25) is 0 Å². The van der Waals surface area contributed by atoms with E-state index in [4.69, 9.17) is 9.84 Å². The third kappa shape index (κ3) is 3.18. The Hall–Kier alpha value is -1.30. The first kappa shape index (κ1) is 14.1. The van der Waals surface area contributed by atoms with Crippen LogP contribution in [0.4, 0.5) is 4.79 Å². The highest BCUT2D eigenvalue weighted by molar-refractivity contribution is 5.76. The first-order valence-electron chi connectivity index (χ1n) is 6.86. The molecule has 19 heavy (non-hydrogen) atoms. The van der Waals surface area contributed by atoms with Crippen LogP contribution >= 0.6 is 0 Å². The Labute approximate surface area is 113 Å². The van der Waals surface area contributed by atoms with Crippen molar-refractivity contribution >= 4 is 12.0 Å². The maximum atomic E-state index is 11.9. The van der Waals surface area contributed by atoms with Crippen LogP contribution in [-0.2, 0) is 9.53 Å². The van der Waals surface area contributed by atoms with Crippen LogP contribution in [0.25, 0.3) is 0 Å². The molecule has 2 aliphatic heterocycles. The van der Waals surface area contributed by atoms with Crippen molar-refractivity contribution in [3.05, 3.63) is 0 Å². The molecule has 2 amide bonds. The lowest BCUT2D eigenvalue weighted by Gasteiger charge is -2.41. The minimum Gasteiger partial charge on any atom is -0.481 e. The molecule has 0 aliphatic carbocycles. The summed E-state index contributed by atoms with van der Waals surface area (Å²) in [4.78, 5) is 24.3. The number of carboxylic acids is 1. The zero-order chi connectivity index (χ0) is 14.0. The number of urea groups is 1. The van der Waals surface area contributed by atoms with E-state index >= 15 is 0 Å². The van der Waals surface area contributed by atoms with Gasteiger partial charge in [-0.2, -0.15) is 0 Å². The van der Waals surface area contributed by atoms with E-state index in [1.807, 2.05) is 6.92 Å². The molecule has 2 aliphatic rings. The number of nitrogens with zero attached hydrogens (tertiary/aromatic N) is 1. The van der Waals surface area contributed by atoms with E-state index in [0.29, 0.717) is 25.6 Å². The minimum absolute atomic E-state index is 0.0805. The van der Waals surface area contributed by atoms with Crippen LogP contribution in [0, 0.1) is 17.8 Å². The molecule has 3 unspecified atom stereocenters. The number of likely N-dealkylation sites (tertiary alicyclic amines) is 1. The van der Waals surface area contributed by atoms with E-state index in [-0.39, 0.29) is 24.0 Å². The van der Waals surface area contributed by atoms with Gasteiger partial charge >= 0.3 is 12.0 Å². The molecule has 2 saturated heterocycles. The van der Waals surface area contributed by atoms with Crippen LogP contribution in [-0.4, -0.2) is 54.4 Å². The molecule has 0 aromatic carbocycles. The molecule has 2 N–H and O–H groups in total. The van der Waals surface area contributed by atoms with Gasteiger partial charge in [-0.05, 0) is 13.3 Å². The number of rotatable bonds is 4. The largest absolute Gasteiger partial charge is 0.481 e. The van der Waals surface area contributed by atoms with Crippen molar-refractivity contribution in [1.82, 2.24) is 10.2 Å². The highest BCUT2D eigenvalue weighted by Gasteiger charge is 2.37. The SMILES string of the molecule is CC1OCCC1CNC(=O)N1CC(C(C)C(=O)O)C1. The second kappa shape index (κ2) is 5.77. The number of hydrogen-bond donors (Lipinski definition) is 2. The molecule has 6 nitrogen and oxygen atoms in total. The second-order valence-corrected chi connectivity index (χ2v) is 5.60. The zero-order valence-corrected chi connectivity index (χ0v) is 11.5. The normalized spacial score (nSPS) is 28.8. The predicted molar refractivity (Wildman–Crippen MR) is 68.8 cm³/mol. The molecule has 108 valence electrons. The van der Waals surface area contributed by atoms with Crippen LogP contribution in [0.3, 0.4) is 0 Å². The fraction of sp³-hybridized carbons (Fsp3) is 0.846. The van der Waals surface area contributed by atoms with Crippen molar-refractivity contribution in [2.24, 2.45) is 17.8 Å². The monoisotopic (exact) mass is 270 g/mol. The summed E-state index contributed by atoms with van der Waals surface area (Å²) in [6.07, 6.45) is 1.19. The summed E-state index contributed by atoms with van der Waals surface area (Å²) >= 11 is 0. The molecule has 3 atom stereocenters. The average Bonchev–Trinajstić information content (AvgIpc) is 2.70. The molecule has 0 aromatic rings. The summed E-state index contributed by atoms with van der Waals surface area (Å²) in [5, 5.41) is 11.8. The first-order valence-corrected chi connectivity index (χ1v) is 6.86. The number of ether oxygens (including phenoxy) is 1. The molecule has 0 spiro atoms. The second-order valence-electron chi connectivity index (χ2n) is 5.60. The molecule has 6 heteroatoms. The summed E-state index contributed by atoms with van der Waals surface area (Å²) in [5.74, 6) is -0.703. The zero-order valence-electron chi connectivity index (χ0n) is 11.5. The van der Waals surface area contributed by atoms with Gasteiger partial charge in [-0.1, -0.05) is 6.92 Å². The van der Waals surface area contributed by atoms with Crippen LogP contribution in [0.1, 0.15) is 20.3 Å². The number of carbonyl (C=O) groups is 2. The number of carbonyl (C=O) groups excluding carboxylic acids is 1. The van der Waals surface area contributed by atoms with E-state index in [0.717, 1.165) is 13.0 Å². The van der Waals surface area contributed by atoms with Gasteiger partial charge in [0, 0.05) is 38.1 Å². The summed E-state index contributed by atoms with van der Waals surface area (Å²) < 4.78 is 5.44. The van der Waals surface area contributed by atoms with E-state index in [9.17, 15) is 9.59 Å². The van der Waals surface area contributed by atoms with E-state index in [2.05, 4.69) is 5.32 Å². The summed E-state index contributed by atoms with van der Waals surface area (Å²) in [6, 6.07) is -0.0899. The average molecular weight is 270 g/mol. The fourth-order valence-corrected chi connectivity index (χ4v) is 2.57. The molecule has 0 bridgehead atoms. The molecular weight excluding hydrogens is 248 g/mol. The Balaban J connectivity index is 1.67. The van der Waals surface area contributed by atoms with Gasteiger partial charge in [0.1, 0.15) is 0 Å². The van der Waals surface area contributed by atoms with Gasteiger partial charge in [-0.3, -0.25) is 4.79 Å². The molecule has 0 radical (unpaired) electrons. The molecule has 2 heterocycles. The third-order valence-corrected chi connectivity index (χ3v) is 4.34. The highest BCUT2D eigenvalue weighted by Crippen LogP contribution is 2.24. The Morgan fingerprint density at radius 3 is 2.68 bits per heavy atom. The Morgan fingerprint density at radius 1 is 1.47 bits per heavy atom. The maximum Gasteiger partial charge on any atom is 0.317 e. The lowest BCUT2D eigenvalue weighted by atomic mass is 9.87. The van der Waals surface area contributed by atoms with Gasteiger partial charge in [-0.15, -0.1) is 0 Å². The van der Waals surface area contributed by atoms with Gasteiger partial charge in [0.25, 0.3) is 0 Å². The van der Waals surface area contributed by atoms with Gasteiger partial charge in [0.05, 0.1) is 12.0 Å². The van der Waals surface area contributed by atoms with E-state index in [1.54, 1.807) is 11.8 Å². The maximum absolute atomic E-state index is 11.9. The van der Waals surface area contributed by atoms with Crippen LogP contribution < -0.4 is 5.32 Å². The summed E-state index contributed by atoms with van der Waals surface area (Å²) in [7, 11) is 0. The van der Waals surface area contributed by atoms with Crippen molar-refractivity contribution < 1.29 is 19.4 Å². The van der Waals surface area contributed by atoms with Gasteiger partial charge in [-0.25, -0.2) is 4.79 Å². The van der Waals surface area contributed by atoms with Crippen LogP contribution in [0.15, 0.2) is 0 Å². The van der Waals surface area contributed by atoms with Crippen molar-refractivity contribution in [1.29, 1.82) is 0 Å². The third-order valence-electron chi connectivity index (χ3n) is 4.34. The molecular formula is C13H22N2O4. The smallest absolute Gasteiger partial charge is 0.317 e. The number of hydrogen-bond acceptors (Lipinski definition) is 3. The van der Waals surface area contributed by atoms with Crippen molar-refractivity contribution in [2.45, 2.75) is 26.4 Å². The van der Waals surface area contributed by atoms with Crippen molar-refractivity contribution in [3.63, 3.8) is 0 Å². The lowest BCUT2D eigenvalue weighted by molar-refractivity contribution is -0.144. The Morgan fingerprint density at radius 2 is 2.16 bits per heavy atom. The van der Waals surface area contributed by atoms with E-state index < -0.39 is 5.97 Å². The number of amides is 2. The Bertz CT molecular complexity index is 355. The topological polar surface area (TPSA) is 78.9 Å². The van der Waals surface area contributed by atoms with Gasteiger partial charge < -0.3 is 20.1 Å². The molecule has 2 fully saturated rings. The number of nitrogens with one attached hydrogen (secondary N) is 1. The molecule has 2 rings (SSSR count). The van der Waals surface area contributed by atoms with E-state index in [1.165, 1.54) is 0 Å². The molecule has 0 aromatic heterocycles. The Kier molecular flexibility index (Phi) is 4.29. The summed E-state index contributed by atoms with van der Waals surface area (Å²) in [5.41, 5.74) is 0. The predicted octanol–water partition coefficient (Wildman–Crippen LogP) is 0.773. The number of carboxylic acid groups (broad SMARTS) is 1. The summed E-state index contributed by atoms with van der Waals surface area (Å²) in [6.45, 7) is 6.20. The number of aliphatic carboxylic acids is 1. The first-order chi connectivity index (χ1) is 8.99. The van der Waals surface area contributed by atoms with Crippen molar-refractivity contribution in [3.8, 4) is 0 Å². The highest BCUT2D eigenvalue weighted by atomic mass is 16.5. The standard InChI is InChI=1S/C13H22N2O4/c1-8(12(16)17)11-6-15(7-11)13(18)14-5-10-3-4-19-9(10)2/h8-11H,3-7H2,1-2H3,(H,14,18)(H,16,17). The van der Waals surface area contributed by atoms with Crippen LogP contribution in [0.5, 0.6) is 0 Å². The fourth-order valence-electron chi connectivity index (χ4n) is 2.57. The quantitative estimate of drug-likeness (QED) is 0.791. The van der Waals surface area contributed by atoms with Gasteiger partial charge in [0.2, 0.25) is 0 Å². The van der Waals surface area contributed by atoms with Gasteiger partial charge in [0.15, 0.2) is 0 Å². The van der Waals surface area contributed by atoms with Crippen molar-refractivity contribution in [2.75, 3.05) is 26.2 Å². The minimum atomic E-state index is -0.790. The molecule has 0 saturated carbocycles.